The molecule has 1 rings (SSSR count). The summed E-state index contributed by atoms with van der Waals surface area (Å²) in [4.78, 5) is 0. The lowest BCUT2D eigenvalue weighted by Crippen LogP contribution is -2.45. The maximum Gasteiger partial charge on any atom is 0.0210 e. The minimum absolute atomic E-state index is 0.129. The first-order chi connectivity index (χ1) is 9.07. The van der Waals surface area contributed by atoms with Gasteiger partial charge in [0.05, 0.1) is 0 Å². The predicted molar refractivity (Wildman–Crippen MR) is 89.1 cm³/mol. The Morgan fingerprint density at radius 2 is 1.60 bits per heavy atom. The minimum Gasteiger partial charge on any atom is -0.309 e. The van der Waals surface area contributed by atoms with Crippen LogP contribution in [0.1, 0.15) is 59.6 Å². The lowest BCUT2D eigenvalue weighted by atomic mass is 9.93. The maximum atomic E-state index is 3.63. The van der Waals surface area contributed by atoms with Gasteiger partial charge in [0.1, 0.15) is 0 Å². The van der Waals surface area contributed by atoms with Crippen molar-refractivity contribution in [2.75, 3.05) is 0 Å². The van der Waals surface area contributed by atoms with Crippen molar-refractivity contribution in [2.45, 2.75) is 78.6 Å². The second-order valence-electron chi connectivity index (χ2n) is 7.78. The molecule has 0 fully saturated rings. The molecule has 2 N–H and O–H groups in total. The van der Waals surface area contributed by atoms with Gasteiger partial charge in [-0.05, 0) is 52.2 Å². The van der Waals surface area contributed by atoms with Crippen LogP contribution in [0.2, 0.25) is 0 Å². The number of hydrogen-bond donors (Lipinski definition) is 2. The lowest BCUT2D eigenvalue weighted by Gasteiger charge is -2.29. The molecule has 114 valence electrons. The number of rotatable bonds is 6. The number of hydrogen-bond acceptors (Lipinski definition) is 2. The zero-order valence-electron chi connectivity index (χ0n) is 14.3. The van der Waals surface area contributed by atoms with E-state index in [2.05, 4.69) is 83.4 Å². The Balaban J connectivity index is 2.68. The summed E-state index contributed by atoms with van der Waals surface area (Å²) < 4.78 is 0. The number of benzene rings is 1. The summed E-state index contributed by atoms with van der Waals surface area (Å²) in [6.07, 6.45) is 1.05. The van der Waals surface area contributed by atoms with Crippen LogP contribution >= 0.6 is 0 Å². The summed E-state index contributed by atoms with van der Waals surface area (Å²) in [6, 6.07) is 9.43. The van der Waals surface area contributed by atoms with E-state index in [0.29, 0.717) is 6.04 Å². The van der Waals surface area contributed by atoms with Crippen molar-refractivity contribution < 1.29 is 0 Å². The predicted octanol–water partition coefficient (Wildman–Crippen LogP) is 3.89. The van der Waals surface area contributed by atoms with Gasteiger partial charge in [-0.25, -0.2) is 0 Å². The van der Waals surface area contributed by atoms with Crippen molar-refractivity contribution in [1.82, 2.24) is 10.6 Å². The molecule has 0 aliphatic carbocycles. The van der Waals surface area contributed by atoms with Gasteiger partial charge in [0.2, 0.25) is 0 Å². The van der Waals surface area contributed by atoms with Gasteiger partial charge in [-0.1, -0.05) is 38.1 Å². The molecule has 2 heteroatoms. The monoisotopic (exact) mass is 276 g/mol. The topological polar surface area (TPSA) is 24.1 Å². The Hall–Kier alpha value is -0.860. The molecule has 0 heterocycles. The maximum absolute atomic E-state index is 3.63. The highest BCUT2D eigenvalue weighted by Gasteiger charge is 2.19. The highest BCUT2D eigenvalue weighted by molar-refractivity contribution is 5.25. The highest BCUT2D eigenvalue weighted by atomic mass is 15.0. The largest absolute Gasteiger partial charge is 0.309 e. The van der Waals surface area contributed by atoms with Crippen LogP contribution < -0.4 is 10.6 Å². The molecule has 20 heavy (non-hydrogen) atoms. The molecule has 0 saturated heterocycles. The summed E-state index contributed by atoms with van der Waals surface area (Å²) in [6.45, 7) is 16.5. The fourth-order valence-electron chi connectivity index (χ4n) is 2.56. The average molecular weight is 276 g/mol. The zero-order chi connectivity index (χ0) is 15.4. The molecule has 0 aliphatic heterocycles. The van der Waals surface area contributed by atoms with Crippen molar-refractivity contribution in [3.63, 3.8) is 0 Å². The van der Waals surface area contributed by atoms with Crippen LogP contribution in [0.25, 0.3) is 0 Å². The van der Waals surface area contributed by atoms with E-state index in [0.717, 1.165) is 13.0 Å². The van der Waals surface area contributed by atoms with Gasteiger partial charge >= 0.3 is 0 Å². The summed E-state index contributed by atoms with van der Waals surface area (Å²) in [7, 11) is 0. The fourth-order valence-corrected chi connectivity index (χ4v) is 2.56. The van der Waals surface area contributed by atoms with Crippen LogP contribution in [0.15, 0.2) is 24.3 Å². The van der Waals surface area contributed by atoms with Crippen LogP contribution in [-0.2, 0) is 13.0 Å². The van der Waals surface area contributed by atoms with E-state index < -0.39 is 0 Å². The third-order valence-electron chi connectivity index (χ3n) is 3.14. The Bertz CT molecular complexity index is 414. The zero-order valence-corrected chi connectivity index (χ0v) is 14.3. The molecule has 1 aromatic rings. The second kappa shape index (κ2) is 6.73. The van der Waals surface area contributed by atoms with Gasteiger partial charge in [-0.2, -0.15) is 0 Å². The van der Waals surface area contributed by atoms with E-state index in [9.17, 15) is 0 Å². The van der Waals surface area contributed by atoms with Gasteiger partial charge in [0.15, 0.2) is 0 Å². The molecule has 2 nitrogen and oxygen atoms in total. The molecule has 0 atom stereocenters. The van der Waals surface area contributed by atoms with E-state index in [1.807, 2.05) is 0 Å². The third-order valence-corrected chi connectivity index (χ3v) is 3.14. The van der Waals surface area contributed by atoms with Crippen molar-refractivity contribution >= 4 is 0 Å². The van der Waals surface area contributed by atoms with Gasteiger partial charge in [0, 0.05) is 23.7 Å². The summed E-state index contributed by atoms with van der Waals surface area (Å²) in [5.41, 5.74) is 3.05. The molecular formula is C18H32N2. The molecule has 0 amide bonds. The Morgan fingerprint density at radius 3 is 2.15 bits per heavy atom. The SMILES string of the molecule is CC(C)NC(C)(C)Cc1cccc(CNC(C)(C)C)c1. The third kappa shape index (κ3) is 7.06. The van der Waals surface area contributed by atoms with E-state index in [-0.39, 0.29) is 11.1 Å². The minimum atomic E-state index is 0.129. The summed E-state index contributed by atoms with van der Waals surface area (Å²) in [5, 5.41) is 7.17. The fraction of sp³-hybridized carbons (Fsp3) is 0.667. The highest BCUT2D eigenvalue weighted by Crippen LogP contribution is 2.15. The van der Waals surface area contributed by atoms with Crippen molar-refractivity contribution in [3.05, 3.63) is 35.4 Å². The van der Waals surface area contributed by atoms with Crippen molar-refractivity contribution in [2.24, 2.45) is 0 Å². The number of nitrogens with one attached hydrogen (secondary N) is 2. The second-order valence-corrected chi connectivity index (χ2v) is 7.78. The van der Waals surface area contributed by atoms with Crippen LogP contribution in [0.3, 0.4) is 0 Å². The standard InChI is InChI=1S/C18H32N2/c1-14(2)20-18(6,7)12-15-9-8-10-16(11-15)13-19-17(3,4)5/h8-11,14,19-20H,12-13H2,1-7H3. The van der Waals surface area contributed by atoms with E-state index in [4.69, 9.17) is 0 Å². The van der Waals surface area contributed by atoms with Crippen LogP contribution in [0.4, 0.5) is 0 Å². The first kappa shape index (κ1) is 17.2. The molecule has 0 spiro atoms. The Morgan fingerprint density at radius 1 is 1.00 bits per heavy atom. The van der Waals surface area contributed by atoms with Gasteiger partial charge in [0.25, 0.3) is 0 Å². The molecule has 0 radical (unpaired) electrons. The summed E-state index contributed by atoms with van der Waals surface area (Å²) in [5.74, 6) is 0. The molecule has 0 saturated carbocycles. The molecule has 0 aliphatic rings. The first-order valence-corrected chi connectivity index (χ1v) is 7.68. The quantitative estimate of drug-likeness (QED) is 0.823. The van der Waals surface area contributed by atoms with E-state index >= 15 is 0 Å². The molecule has 0 aromatic heterocycles. The molecule has 1 aromatic carbocycles. The van der Waals surface area contributed by atoms with Crippen molar-refractivity contribution in [1.29, 1.82) is 0 Å². The van der Waals surface area contributed by atoms with Gasteiger partial charge < -0.3 is 10.6 Å². The Kier molecular flexibility index (Phi) is 5.79. The van der Waals surface area contributed by atoms with Crippen LogP contribution in [0, 0.1) is 0 Å². The summed E-state index contributed by atoms with van der Waals surface area (Å²) >= 11 is 0. The van der Waals surface area contributed by atoms with E-state index in [1.54, 1.807) is 0 Å². The Labute approximate surface area is 125 Å². The van der Waals surface area contributed by atoms with Crippen molar-refractivity contribution in [3.8, 4) is 0 Å². The van der Waals surface area contributed by atoms with Gasteiger partial charge in [-0.15, -0.1) is 0 Å². The average Bonchev–Trinajstić information content (AvgIpc) is 2.23. The van der Waals surface area contributed by atoms with E-state index in [1.165, 1.54) is 11.1 Å². The van der Waals surface area contributed by atoms with Gasteiger partial charge in [-0.3, -0.25) is 0 Å². The smallest absolute Gasteiger partial charge is 0.0210 e. The lowest BCUT2D eigenvalue weighted by molar-refractivity contribution is 0.353. The van der Waals surface area contributed by atoms with Crippen LogP contribution in [-0.4, -0.2) is 17.1 Å². The normalized spacial score (nSPS) is 13.0. The first-order valence-electron chi connectivity index (χ1n) is 7.68. The van der Waals surface area contributed by atoms with Crippen LogP contribution in [0.5, 0.6) is 0 Å². The molecule has 0 bridgehead atoms. The molecular weight excluding hydrogens is 244 g/mol. The molecule has 0 unspecified atom stereocenters.